The minimum absolute atomic E-state index is 0.152. The number of fused-ring (bicyclic) bond motifs is 1. The average molecular weight is 485 g/mol. The van der Waals surface area contributed by atoms with Crippen molar-refractivity contribution in [3.63, 3.8) is 0 Å². The van der Waals surface area contributed by atoms with Gasteiger partial charge in [0.15, 0.2) is 0 Å². The van der Waals surface area contributed by atoms with Crippen LogP contribution in [-0.4, -0.2) is 28.0 Å². The number of para-hydroxylation sites is 5. The molecule has 1 aromatic heterocycles. The van der Waals surface area contributed by atoms with E-state index in [4.69, 9.17) is 4.74 Å². The molecule has 0 fully saturated rings. The monoisotopic (exact) mass is 484 g/mol. The number of nitrogens with one attached hydrogen (secondary N) is 2. The molecule has 1 heterocycles. The molecule has 4 aromatic rings. The first-order valence-corrected chi connectivity index (χ1v) is 11.9. The summed E-state index contributed by atoms with van der Waals surface area (Å²) in [7, 11) is 0. The highest BCUT2D eigenvalue weighted by Gasteiger charge is 2.26. The molecule has 4 rings (SSSR count). The van der Waals surface area contributed by atoms with Gasteiger partial charge in [-0.25, -0.2) is 4.98 Å². The van der Waals surface area contributed by atoms with Crippen LogP contribution in [0, 0.1) is 0 Å². The van der Waals surface area contributed by atoms with Gasteiger partial charge in [-0.05, 0) is 43.7 Å². The van der Waals surface area contributed by atoms with Crippen molar-refractivity contribution in [1.82, 2.24) is 9.55 Å². The van der Waals surface area contributed by atoms with Gasteiger partial charge in [0.25, 0.3) is 5.56 Å². The number of nitrogens with zero attached hydrogens (tertiary/aromatic N) is 2. The quantitative estimate of drug-likeness (QED) is 0.366. The van der Waals surface area contributed by atoms with Gasteiger partial charge in [0.2, 0.25) is 11.8 Å². The molecule has 8 nitrogen and oxygen atoms in total. The Morgan fingerprint density at radius 2 is 1.58 bits per heavy atom. The Morgan fingerprint density at radius 3 is 2.31 bits per heavy atom. The van der Waals surface area contributed by atoms with Gasteiger partial charge in [-0.2, -0.15) is 0 Å². The molecule has 0 radical (unpaired) electrons. The van der Waals surface area contributed by atoms with Crippen LogP contribution in [0.4, 0.5) is 11.4 Å². The first kappa shape index (κ1) is 24.7. The molecule has 2 amide bonds. The highest BCUT2D eigenvalue weighted by atomic mass is 16.5. The topological polar surface area (TPSA) is 102 Å². The van der Waals surface area contributed by atoms with E-state index >= 15 is 0 Å². The second-order valence-corrected chi connectivity index (χ2v) is 8.19. The number of amides is 2. The summed E-state index contributed by atoms with van der Waals surface area (Å²) in [6, 6.07) is 20.6. The third-order valence-electron chi connectivity index (χ3n) is 5.73. The van der Waals surface area contributed by atoms with E-state index in [9.17, 15) is 14.4 Å². The molecule has 0 bridgehead atoms. The molecule has 1 atom stereocenters. The number of benzene rings is 3. The number of hydrogen-bond acceptors (Lipinski definition) is 5. The molecule has 0 saturated heterocycles. The van der Waals surface area contributed by atoms with Gasteiger partial charge in [0, 0.05) is 12.5 Å². The van der Waals surface area contributed by atoms with E-state index in [0.717, 1.165) is 0 Å². The fourth-order valence-electron chi connectivity index (χ4n) is 4.18. The molecule has 0 unspecified atom stereocenters. The van der Waals surface area contributed by atoms with Gasteiger partial charge in [-0.1, -0.05) is 49.4 Å². The maximum Gasteiger partial charge on any atom is 0.278 e. The lowest BCUT2D eigenvalue weighted by Gasteiger charge is -2.22. The van der Waals surface area contributed by atoms with Crippen LogP contribution in [0.1, 0.15) is 33.2 Å². The number of carbonyl (C=O) groups is 2. The SMILES string of the molecule is CCOc1ccccc1NC(=O)[C@@H](CC)n1c(=O)c(-c2ccccc2NC(C)=O)nc2ccccc21. The summed E-state index contributed by atoms with van der Waals surface area (Å²) < 4.78 is 7.13. The lowest BCUT2D eigenvalue weighted by atomic mass is 10.1. The molecule has 2 N–H and O–H groups in total. The Labute approximate surface area is 208 Å². The minimum atomic E-state index is -0.813. The van der Waals surface area contributed by atoms with Crippen LogP contribution in [0.15, 0.2) is 77.6 Å². The van der Waals surface area contributed by atoms with Gasteiger partial charge in [0.1, 0.15) is 17.5 Å². The van der Waals surface area contributed by atoms with E-state index in [0.29, 0.717) is 46.7 Å². The van der Waals surface area contributed by atoms with E-state index in [1.807, 2.05) is 32.0 Å². The highest BCUT2D eigenvalue weighted by molar-refractivity contribution is 5.97. The van der Waals surface area contributed by atoms with E-state index < -0.39 is 11.6 Å². The summed E-state index contributed by atoms with van der Waals surface area (Å²) in [5, 5.41) is 5.70. The summed E-state index contributed by atoms with van der Waals surface area (Å²) >= 11 is 0. The predicted octanol–water partition coefficient (Wildman–Crippen LogP) is 5.01. The van der Waals surface area contributed by atoms with Crippen molar-refractivity contribution in [3.8, 4) is 17.0 Å². The number of rotatable bonds is 8. The molecule has 0 aliphatic rings. The lowest BCUT2D eigenvalue weighted by Crippen LogP contribution is -2.34. The van der Waals surface area contributed by atoms with Crippen molar-refractivity contribution in [1.29, 1.82) is 0 Å². The maximum absolute atomic E-state index is 13.9. The molecule has 0 spiro atoms. The Kier molecular flexibility index (Phi) is 7.44. The van der Waals surface area contributed by atoms with E-state index in [2.05, 4.69) is 15.6 Å². The summed E-state index contributed by atoms with van der Waals surface area (Å²) in [6.07, 6.45) is 0.364. The van der Waals surface area contributed by atoms with E-state index in [1.54, 1.807) is 54.6 Å². The molecule has 8 heteroatoms. The van der Waals surface area contributed by atoms with Crippen LogP contribution < -0.4 is 20.9 Å². The largest absolute Gasteiger partial charge is 0.492 e. The second-order valence-electron chi connectivity index (χ2n) is 8.19. The van der Waals surface area contributed by atoms with E-state index in [-0.39, 0.29) is 17.5 Å². The summed E-state index contributed by atoms with van der Waals surface area (Å²) in [6.45, 7) is 5.58. The maximum atomic E-state index is 13.9. The van der Waals surface area contributed by atoms with Gasteiger partial charge < -0.3 is 15.4 Å². The van der Waals surface area contributed by atoms with Crippen molar-refractivity contribution in [3.05, 3.63) is 83.2 Å². The lowest BCUT2D eigenvalue weighted by molar-refractivity contribution is -0.119. The van der Waals surface area contributed by atoms with Crippen LogP contribution in [0.3, 0.4) is 0 Å². The van der Waals surface area contributed by atoms with Crippen LogP contribution in [0.25, 0.3) is 22.3 Å². The molecule has 0 saturated carbocycles. The Balaban J connectivity index is 1.86. The standard InChI is InChI=1S/C28H28N4O4/c1-4-23(27(34)31-22-15-9-11-17-25(22)36-5-2)32-24-16-10-8-14-21(24)30-26(28(32)35)19-12-6-7-13-20(19)29-18(3)33/h6-17,23H,4-5H2,1-3H3,(H,29,33)(H,31,34)/t23-/m1/s1. The zero-order valence-electron chi connectivity index (χ0n) is 20.4. The fraction of sp³-hybridized carbons (Fsp3) is 0.214. The van der Waals surface area contributed by atoms with Crippen molar-refractivity contribution >= 4 is 34.2 Å². The molecular formula is C28H28N4O4. The first-order chi connectivity index (χ1) is 17.4. The molecule has 0 aliphatic heterocycles. The zero-order valence-corrected chi connectivity index (χ0v) is 20.4. The first-order valence-electron chi connectivity index (χ1n) is 11.9. The summed E-state index contributed by atoms with van der Waals surface area (Å²) in [4.78, 5) is 43.9. The molecule has 3 aromatic carbocycles. The van der Waals surface area contributed by atoms with Crippen LogP contribution in [-0.2, 0) is 9.59 Å². The van der Waals surface area contributed by atoms with Crippen molar-refractivity contribution in [2.75, 3.05) is 17.2 Å². The number of carbonyl (C=O) groups excluding carboxylic acids is 2. The van der Waals surface area contributed by atoms with Gasteiger partial charge in [-0.3, -0.25) is 19.0 Å². The molecular weight excluding hydrogens is 456 g/mol. The van der Waals surface area contributed by atoms with Crippen molar-refractivity contribution in [2.24, 2.45) is 0 Å². The van der Waals surface area contributed by atoms with Crippen molar-refractivity contribution < 1.29 is 14.3 Å². The smallest absolute Gasteiger partial charge is 0.278 e. The minimum Gasteiger partial charge on any atom is -0.492 e. The number of ether oxygens (including phenoxy) is 1. The van der Waals surface area contributed by atoms with Crippen LogP contribution in [0.5, 0.6) is 5.75 Å². The molecule has 0 aliphatic carbocycles. The van der Waals surface area contributed by atoms with Crippen LogP contribution >= 0.6 is 0 Å². The third kappa shape index (κ3) is 4.98. The molecule has 36 heavy (non-hydrogen) atoms. The van der Waals surface area contributed by atoms with Gasteiger partial charge >= 0.3 is 0 Å². The van der Waals surface area contributed by atoms with Crippen molar-refractivity contribution in [2.45, 2.75) is 33.2 Å². The fourth-order valence-corrected chi connectivity index (χ4v) is 4.18. The average Bonchev–Trinajstić information content (AvgIpc) is 2.87. The second kappa shape index (κ2) is 10.9. The Bertz CT molecular complexity index is 1480. The number of anilines is 2. The zero-order chi connectivity index (χ0) is 25.7. The Hall–Kier alpha value is -4.46. The number of aromatic nitrogens is 2. The summed E-state index contributed by atoms with van der Waals surface area (Å²) in [5.41, 5.74) is 2.32. The normalized spacial score (nSPS) is 11.6. The predicted molar refractivity (Wildman–Crippen MR) is 141 cm³/mol. The third-order valence-corrected chi connectivity index (χ3v) is 5.73. The molecule has 184 valence electrons. The summed E-state index contributed by atoms with van der Waals surface area (Å²) in [5.74, 6) is -0.0494. The van der Waals surface area contributed by atoms with Gasteiger partial charge in [0.05, 0.1) is 29.0 Å². The van der Waals surface area contributed by atoms with Crippen LogP contribution in [0.2, 0.25) is 0 Å². The van der Waals surface area contributed by atoms with E-state index in [1.165, 1.54) is 11.5 Å². The van der Waals surface area contributed by atoms with Gasteiger partial charge in [-0.15, -0.1) is 0 Å². The Morgan fingerprint density at radius 1 is 0.917 bits per heavy atom. The number of hydrogen-bond donors (Lipinski definition) is 2. The highest BCUT2D eigenvalue weighted by Crippen LogP contribution is 2.29.